The second kappa shape index (κ2) is 10.2. The molecule has 19 heavy (non-hydrogen) atoms. The summed E-state index contributed by atoms with van der Waals surface area (Å²) in [7, 11) is 0. The zero-order valence-electron chi connectivity index (χ0n) is 12.1. The molecule has 1 atom stereocenters. The van der Waals surface area contributed by atoms with Crippen LogP contribution in [0.2, 0.25) is 5.02 Å². The molecular weight excluding hydrogens is 258 g/mol. The second-order valence-corrected chi connectivity index (χ2v) is 5.32. The number of benzene rings is 1. The Balaban J connectivity index is 2.41. The number of halogens is 1. The summed E-state index contributed by atoms with van der Waals surface area (Å²) in [6.45, 7) is 7.09. The van der Waals surface area contributed by atoms with Crippen LogP contribution in [0.3, 0.4) is 0 Å². The lowest BCUT2D eigenvalue weighted by Gasteiger charge is -2.18. The lowest BCUT2D eigenvalue weighted by Crippen LogP contribution is -2.33. The van der Waals surface area contributed by atoms with Crippen molar-refractivity contribution in [1.29, 1.82) is 0 Å². The van der Waals surface area contributed by atoms with Gasteiger partial charge in [-0.1, -0.05) is 37.6 Å². The van der Waals surface area contributed by atoms with Crippen molar-refractivity contribution in [2.75, 3.05) is 19.8 Å². The lowest BCUT2D eigenvalue weighted by atomic mass is 10.0. The molecule has 1 rings (SSSR count). The minimum absolute atomic E-state index is 0.484. The van der Waals surface area contributed by atoms with E-state index in [1.165, 1.54) is 5.56 Å². The van der Waals surface area contributed by atoms with E-state index in [1.807, 2.05) is 12.1 Å². The zero-order chi connectivity index (χ0) is 13.9. The highest BCUT2D eigenvalue weighted by molar-refractivity contribution is 6.30. The van der Waals surface area contributed by atoms with Crippen molar-refractivity contribution in [3.05, 3.63) is 34.9 Å². The molecule has 0 saturated heterocycles. The fraction of sp³-hybridized carbons (Fsp3) is 0.625. The molecule has 0 fully saturated rings. The standard InChI is InChI=1S/C16H26ClNO/c1-3-10-18-16(9-12-19-11-4-2)13-14-5-7-15(17)8-6-14/h5-8,16,18H,3-4,9-13H2,1-2H3. The molecule has 1 aromatic carbocycles. The molecule has 1 aromatic rings. The van der Waals surface area contributed by atoms with Gasteiger partial charge in [-0.3, -0.25) is 0 Å². The summed E-state index contributed by atoms with van der Waals surface area (Å²) in [5.41, 5.74) is 1.33. The van der Waals surface area contributed by atoms with Crippen LogP contribution >= 0.6 is 11.6 Å². The largest absolute Gasteiger partial charge is 0.381 e. The van der Waals surface area contributed by atoms with Crippen LogP contribution in [0.1, 0.15) is 38.7 Å². The number of ether oxygens (including phenoxy) is 1. The summed E-state index contributed by atoms with van der Waals surface area (Å²) in [5, 5.41) is 4.40. The van der Waals surface area contributed by atoms with Gasteiger partial charge >= 0.3 is 0 Å². The van der Waals surface area contributed by atoms with E-state index in [0.29, 0.717) is 6.04 Å². The number of rotatable bonds is 10. The second-order valence-electron chi connectivity index (χ2n) is 4.88. The molecular formula is C16H26ClNO. The first-order valence-electron chi connectivity index (χ1n) is 7.31. The Hall–Kier alpha value is -0.570. The van der Waals surface area contributed by atoms with Crippen LogP contribution in [0.5, 0.6) is 0 Å². The first-order chi connectivity index (χ1) is 9.26. The van der Waals surface area contributed by atoms with Crippen molar-refractivity contribution >= 4 is 11.6 Å². The van der Waals surface area contributed by atoms with Crippen molar-refractivity contribution in [2.45, 2.75) is 45.6 Å². The lowest BCUT2D eigenvalue weighted by molar-refractivity contribution is 0.124. The summed E-state index contributed by atoms with van der Waals surface area (Å²) < 4.78 is 5.59. The van der Waals surface area contributed by atoms with Crippen molar-refractivity contribution in [3.63, 3.8) is 0 Å². The number of nitrogens with one attached hydrogen (secondary N) is 1. The van der Waals surface area contributed by atoms with Crippen molar-refractivity contribution in [1.82, 2.24) is 5.32 Å². The molecule has 0 saturated carbocycles. The average molecular weight is 284 g/mol. The van der Waals surface area contributed by atoms with E-state index in [-0.39, 0.29) is 0 Å². The highest BCUT2D eigenvalue weighted by atomic mass is 35.5. The molecule has 0 amide bonds. The van der Waals surface area contributed by atoms with Crippen molar-refractivity contribution < 1.29 is 4.74 Å². The Morgan fingerprint density at radius 2 is 1.84 bits per heavy atom. The highest BCUT2D eigenvalue weighted by Crippen LogP contribution is 2.12. The topological polar surface area (TPSA) is 21.3 Å². The van der Waals surface area contributed by atoms with Crippen LogP contribution in [0, 0.1) is 0 Å². The average Bonchev–Trinajstić information content (AvgIpc) is 2.43. The van der Waals surface area contributed by atoms with Gasteiger partial charge in [-0.25, -0.2) is 0 Å². The summed E-state index contributed by atoms with van der Waals surface area (Å²) >= 11 is 5.91. The van der Waals surface area contributed by atoms with E-state index in [0.717, 1.165) is 50.5 Å². The summed E-state index contributed by atoms with van der Waals surface area (Å²) in [4.78, 5) is 0. The molecule has 1 N–H and O–H groups in total. The molecule has 0 spiro atoms. The maximum absolute atomic E-state index is 5.91. The summed E-state index contributed by atoms with van der Waals surface area (Å²) in [5.74, 6) is 0. The first-order valence-corrected chi connectivity index (χ1v) is 7.69. The molecule has 0 bridgehead atoms. The number of hydrogen-bond donors (Lipinski definition) is 1. The predicted molar refractivity (Wildman–Crippen MR) is 83.0 cm³/mol. The van der Waals surface area contributed by atoms with E-state index < -0.39 is 0 Å². The zero-order valence-corrected chi connectivity index (χ0v) is 12.9. The van der Waals surface area contributed by atoms with Crippen LogP contribution in [0.25, 0.3) is 0 Å². The van der Waals surface area contributed by atoms with Gasteiger partial charge in [-0.15, -0.1) is 0 Å². The predicted octanol–water partition coefficient (Wildman–Crippen LogP) is 4.07. The van der Waals surface area contributed by atoms with E-state index >= 15 is 0 Å². The fourth-order valence-electron chi connectivity index (χ4n) is 2.00. The highest BCUT2D eigenvalue weighted by Gasteiger charge is 2.08. The maximum atomic E-state index is 5.91. The van der Waals surface area contributed by atoms with Crippen LogP contribution in [-0.4, -0.2) is 25.8 Å². The Labute approximate surface area is 122 Å². The Bertz CT molecular complexity index is 326. The van der Waals surface area contributed by atoms with Gasteiger partial charge in [0.05, 0.1) is 0 Å². The molecule has 0 aliphatic carbocycles. The van der Waals surface area contributed by atoms with Crippen molar-refractivity contribution in [3.8, 4) is 0 Å². The van der Waals surface area contributed by atoms with Gasteiger partial charge in [0.1, 0.15) is 0 Å². The fourth-order valence-corrected chi connectivity index (χ4v) is 2.13. The molecule has 1 unspecified atom stereocenters. The Morgan fingerprint density at radius 3 is 2.47 bits per heavy atom. The summed E-state index contributed by atoms with van der Waals surface area (Å²) in [6, 6.07) is 8.62. The third kappa shape index (κ3) is 7.56. The molecule has 0 aromatic heterocycles. The van der Waals surface area contributed by atoms with Gasteiger partial charge < -0.3 is 10.1 Å². The SMILES string of the molecule is CCCNC(CCOCCC)Cc1ccc(Cl)cc1. The van der Waals surface area contributed by atoms with Gasteiger partial charge in [0.2, 0.25) is 0 Å². The summed E-state index contributed by atoms with van der Waals surface area (Å²) in [6.07, 6.45) is 4.34. The normalized spacial score (nSPS) is 12.6. The number of hydrogen-bond acceptors (Lipinski definition) is 2. The minimum Gasteiger partial charge on any atom is -0.381 e. The van der Waals surface area contributed by atoms with E-state index in [1.54, 1.807) is 0 Å². The van der Waals surface area contributed by atoms with Crippen molar-refractivity contribution in [2.24, 2.45) is 0 Å². The van der Waals surface area contributed by atoms with Crippen LogP contribution < -0.4 is 5.32 Å². The van der Waals surface area contributed by atoms with Gasteiger partial charge in [-0.2, -0.15) is 0 Å². The van der Waals surface area contributed by atoms with Crippen LogP contribution in [0.15, 0.2) is 24.3 Å². The van der Waals surface area contributed by atoms with E-state index in [2.05, 4.69) is 31.3 Å². The Kier molecular flexibility index (Phi) is 8.89. The van der Waals surface area contributed by atoms with E-state index in [4.69, 9.17) is 16.3 Å². The molecule has 0 radical (unpaired) electrons. The minimum atomic E-state index is 0.484. The van der Waals surface area contributed by atoms with Crippen LogP contribution in [0.4, 0.5) is 0 Å². The molecule has 0 heterocycles. The monoisotopic (exact) mass is 283 g/mol. The van der Waals surface area contributed by atoms with Crippen LogP contribution in [-0.2, 0) is 11.2 Å². The smallest absolute Gasteiger partial charge is 0.0480 e. The molecule has 2 nitrogen and oxygen atoms in total. The molecule has 0 aliphatic heterocycles. The molecule has 0 aliphatic rings. The van der Waals surface area contributed by atoms with Gasteiger partial charge in [0, 0.05) is 24.3 Å². The Morgan fingerprint density at radius 1 is 1.11 bits per heavy atom. The maximum Gasteiger partial charge on any atom is 0.0480 e. The molecule has 108 valence electrons. The van der Waals surface area contributed by atoms with E-state index in [9.17, 15) is 0 Å². The third-order valence-electron chi connectivity index (χ3n) is 3.04. The van der Waals surface area contributed by atoms with Gasteiger partial charge in [-0.05, 0) is 49.9 Å². The third-order valence-corrected chi connectivity index (χ3v) is 3.29. The first kappa shape index (κ1) is 16.5. The molecule has 3 heteroatoms. The van der Waals surface area contributed by atoms with Gasteiger partial charge in [0.25, 0.3) is 0 Å². The van der Waals surface area contributed by atoms with Gasteiger partial charge in [0.15, 0.2) is 0 Å². The quantitative estimate of drug-likeness (QED) is 0.654.